The van der Waals surface area contributed by atoms with E-state index in [2.05, 4.69) is 52.4 Å². The van der Waals surface area contributed by atoms with Crippen LogP contribution in [0.2, 0.25) is 0 Å². The van der Waals surface area contributed by atoms with Crippen LogP contribution in [0.25, 0.3) is 5.82 Å². The van der Waals surface area contributed by atoms with Crippen LogP contribution in [0.5, 0.6) is 0 Å². The lowest BCUT2D eigenvalue weighted by Crippen LogP contribution is -2.21. The lowest BCUT2D eigenvalue weighted by molar-refractivity contribution is 0.759. The number of anilines is 1. The van der Waals surface area contributed by atoms with E-state index in [0.29, 0.717) is 0 Å². The fourth-order valence-electron chi connectivity index (χ4n) is 2.77. The molecule has 0 atom stereocenters. The van der Waals surface area contributed by atoms with Gasteiger partial charge in [-0.15, -0.1) is 0 Å². The minimum atomic E-state index is 0.757. The third kappa shape index (κ3) is 3.79. The second-order valence-electron chi connectivity index (χ2n) is 6.09. The molecule has 0 amide bonds. The first kappa shape index (κ1) is 16.2. The van der Waals surface area contributed by atoms with Gasteiger partial charge in [-0.3, -0.25) is 4.98 Å². The molecular formula is C19H23N5. The van der Waals surface area contributed by atoms with Crippen molar-refractivity contribution in [2.24, 2.45) is 0 Å². The summed E-state index contributed by atoms with van der Waals surface area (Å²) in [5, 5.41) is 4.48. The molecule has 124 valence electrons. The van der Waals surface area contributed by atoms with E-state index >= 15 is 0 Å². The highest BCUT2D eigenvalue weighted by Crippen LogP contribution is 2.14. The summed E-state index contributed by atoms with van der Waals surface area (Å²) in [6.07, 6.45) is 5.69. The Hall–Kier alpha value is -2.69. The van der Waals surface area contributed by atoms with E-state index in [0.717, 1.165) is 42.4 Å². The van der Waals surface area contributed by atoms with Gasteiger partial charge in [0.2, 0.25) is 0 Å². The first-order valence-corrected chi connectivity index (χ1v) is 8.24. The Balaban J connectivity index is 1.66. The summed E-state index contributed by atoms with van der Waals surface area (Å²) in [4.78, 5) is 11.2. The second-order valence-corrected chi connectivity index (χ2v) is 6.09. The number of aryl methyl sites for hydroxylation is 3. The van der Waals surface area contributed by atoms with E-state index in [1.165, 1.54) is 5.56 Å². The van der Waals surface area contributed by atoms with Crippen LogP contribution in [-0.4, -0.2) is 33.3 Å². The van der Waals surface area contributed by atoms with Crippen molar-refractivity contribution < 1.29 is 0 Å². The number of benzene rings is 1. The van der Waals surface area contributed by atoms with Crippen molar-refractivity contribution in [1.82, 2.24) is 19.7 Å². The Morgan fingerprint density at radius 1 is 1.08 bits per heavy atom. The Morgan fingerprint density at radius 3 is 2.58 bits per heavy atom. The molecule has 0 aliphatic carbocycles. The van der Waals surface area contributed by atoms with Crippen molar-refractivity contribution in [2.45, 2.75) is 26.7 Å². The van der Waals surface area contributed by atoms with E-state index in [4.69, 9.17) is 4.98 Å². The molecule has 2 aromatic heterocycles. The van der Waals surface area contributed by atoms with Gasteiger partial charge in [-0.05, 0) is 38.3 Å². The van der Waals surface area contributed by atoms with Crippen LogP contribution >= 0.6 is 0 Å². The smallest absolute Gasteiger partial charge is 0.174 e. The Labute approximate surface area is 143 Å². The highest BCUT2D eigenvalue weighted by Gasteiger charge is 2.09. The minimum Gasteiger partial charge on any atom is -0.358 e. The highest BCUT2D eigenvalue weighted by molar-refractivity contribution is 5.39. The van der Waals surface area contributed by atoms with Gasteiger partial charge in [-0.25, -0.2) is 9.67 Å². The molecule has 0 radical (unpaired) electrons. The second kappa shape index (κ2) is 7.25. The normalized spacial score (nSPS) is 10.8. The predicted octanol–water partition coefficient (Wildman–Crippen LogP) is 3.35. The summed E-state index contributed by atoms with van der Waals surface area (Å²) in [5.74, 6) is 1.63. The van der Waals surface area contributed by atoms with Gasteiger partial charge in [0.25, 0.3) is 0 Å². The molecule has 1 aromatic carbocycles. The zero-order valence-corrected chi connectivity index (χ0v) is 14.5. The van der Waals surface area contributed by atoms with E-state index in [-0.39, 0.29) is 0 Å². The Morgan fingerprint density at radius 2 is 1.88 bits per heavy atom. The molecular weight excluding hydrogens is 298 g/mol. The van der Waals surface area contributed by atoms with Gasteiger partial charge < -0.3 is 4.90 Å². The van der Waals surface area contributed by atoms with Crippen LogP contribution in [0.4, 0.5) is 5.82 Å². The molecule has 3 rings (SSSR count). The Bertz CT molecular complexity index is 795. The van der Waals surface area contributed by atoms with Crippen LogP contribution in [0.15, 0.2) is 48.8 Å². The van der Waals surface area contributed by atoms with Gasteiger partial charge in [-0.2, -0.15) is 5.10 Å². The molecule has 0 aliphatic rings. The van der Waals surface area contributed by atoms with Gasteiger partial charge in [-0.1, -0.05) is 30.3 Å². The Kier molecular flexibility index (Phi) is 4.89. The molecule has 0 fully saturated rings. The molecule has 0 aliphatic heterocycles. The topological polar surface area (TPSA) is 46.8 Å². The molecule has 0 saturated carbocycles. The van der Waals surface area contributed by atoms with Crippen LogP contribution in [0.3, 0.4) is 0 Å². The number of rotatable bonds is 6. The average molecular weight is 321 g/mol. The summed E-state index contributed by atoms with van der Waals surface area (Å²) in [6.45, 7) is 4.94. The van der Waals surface area contributed by atoms with Crippen molar-refractivity contribution >= 4 is 5.82 Å². The fraction of sp³-hybridized carbons (Fsp3) is 0.316. The number of hydrogen-bond donors (Lipinski definition) is 0. The minimum absolute atomic E-state index is 0.757. The summed E-state index contributed by atoms with van der Waals surface area (Å²) in [6, 6.07) is 12.6. The lowest BCUT2D eigenvalue weighted by Gasteiger charge is -2.18. The maximum absolute atomic E-state index is 4.71. The largest absolute Gasteiger partial charge is 0.358 e. The summed E-state index contributed by atoms with van der Waals surface area (Å²) in [7, 11) is 2.06. The van der Waals surface area contributed by atoms with Gasteiger partial charge in [0.15, 0.2) is 5.82 Å². The maximum atomic E-state index is 4.71. The van der Waals surface area contributed by atoms with Gasteiger partial charge in [0.05, 0.1) is 18.1 Å². The van der Waals surface area contributed by atoms with Crippen molar-refractivity contribution in [3.05, 3.63) is 65.7 Å². The monoisotopic (exact) mass is 321 g/mol. The number of aromatic nitrogens is 4. The lowest BCUT2D eigenvalue weighted by atomic mass is 10.1. The molecule has 5 heteroatoms. The summed E-state index contributed by atoms with van der Waals surface area (Å²) < 4.78 is 1.84. The average Bonchev–Trinajstić information content (AvgIpc) is 2.94. The zero-order chi connectivity index (χ0) is 16.9. The van der Waals surface area contributed by atoms with E-state index in [1.807, 2.05) is 24.6 Å². The third-order valence-electron chi connectivity index (χ3n) is 4.03. The van der Waals surface area contributed by atoms with Gasteiger partial charge in [0, 0.05) is 19.3 Å². The molecule has 0 N–H and O–H groups in total. The van der Waals surface area contributed by atoms with Crippen LogP contribution in [-0.2, 0) is 6.42 Å². The number of hydrogen-bond acceptors (Lipinski definition) is 4. The van der Waals surface area contributed by atoms with Crippen molar-refractivity contribution in [3.63, 3.8) is 0 Å². The quantitative estimate of drug-likeness (QED) is 0.698. The zero-order valence-electron chi connectivity index (χ0n) is 14.5. The molecule has 3 aromatic rings. The molecule has 2 heterocycles. The predicted molar refractivity (Wildman–Crippen MR) is 96.7 cm³/mol. The van der Waals surface area contributed by atoms with Gasteiger partial charge in [0.1, 0.15) is 5.82 Å². The van der Waals surface area contributed by atoms with E-state index in [9.17, 15) is 0 Å². The first-order valence-electron chi connectivity index (χ1n) is 8.24. The van der Waals surface area contributed by atoms with Crippen molar-refractivity contribution in [2.75, 3.05) is 18.5 Å². The SMILES string of the molecule is Cc1cc(C)n(-c2cncc(N(C)CCCc3ccccc3)n2)n1. The maximum Gasteiger partial charge on any atom is 0.174 e. The molecule has 5 nitrogen and oxygen atoms in total. The van der Waals surface area contributed by atoms with Crippen molar-refractivity contribution in [3.8, 4) is 5.82 Å². The number of nitrogens with zero attached hydrogens (tertiary/aromatic N) is 5. The van der Waals surface area contributed by atoms with Crippen LogP contribution in [0, 0.1) is 13.8 Å². The first-order chi connectivity index (χ1) is 11.6. The van der Waals surface area contributed by atoms with E-state index in [1.54, 1.807) is 12.4 Å². The molecule has 0 saturated heterocycles. The third-order valence-corrected chi connectivity index (χ3v) is 4.03. The molecule has 0 unspecified atom stereocenters. The van der Waals surface area contributed by atoms with Crippen LogP contribution in [0.1, 0.15) is 23.4 Å². The molecule has 0 bridgehead atoms. The van der Waals surface area contributed by atoms with Gasteiger partial charge >= 0.3 is 0 Å². The van der Waals surface area contributed by atoms with E-state index < -0.39 is 0 Å². The molecule has 0 spiro atoms. The standard InChI is InChI=1S/C19H23N5/c1-15-12-16(2)24(22-15)19-14-20-13-18(21-19)23(3)11-7-10-17-8-5-4-6-9-17/h4-6,8-9,12-14H,7,10-11H2,1-3H3. The summed E-state index contributed by atoms with van der Waals surface area (Å²) >= 11 is 0. The van der Waals surface area contributed by atoms with Crippen molar-refractivity contribution in [1.29, 1.82) is 0 Å². The fourth-order valence-corrected chi connectivity index (χ4v) is 2.77. The summed E-state index contributed by atoms with van der Waals surface area (Å²) in [5.41, 5.74) is 3.41. The van der Waals surface area contributed by atoms with Crippen LogP contribution < -0.4 is 4.90 Å². The molecule has 24 heavy (non-hydrogen) atoms. The highest BCUT2D eigenvalue weighted by atomic mass is 15.3.